The van der Waals surface area contributed by atoms with Gasteiger partial charge in [-0.2, -0.15) is 23.3 Å². The number of carbonyl (C=O) groups excluding carboxylic acids is 1. The third kappa shape index (κ3) is 5.81. The first-order valence-corrected chi connectivity index (χ1v) is 11.5. The molecule has 0 bridgehead atoms. The van der Waals surface area contributed by atoms with Crippen molar-refractivity contribution >= 4 is 28.9 Å². The minimum absolute atomic E-state index is 0. The van der Waals surface area contributed by atoms with Crippen molar-refractivity contribution in [3.8, 4) is 33.3 Å². The minimum atomic E-state index is -4.55. The van der Waals surface area contributed by atoms with Gasteiger partial charge in [-0.15, -0.1) is 11.3 Å². The molecule has 5 aromatic rings. The van der Waals surface area contributed by atoms with Gasteiger partial charge in [0.2, 0.25) is 5.82 Å². The van der Waals surface area contributed by atoms with Crippen LogP contribution in [0.2, 0.25) is 5.02 Å². The van der Waals surface area contributed by atoms with E-state index in [4.69, 9.17) is 16.1 Å². The van der Waals surface area contributed by atoms with Crippen molar-refractivity contribution < 1.29 is 57.2 Å². The quantitative estimate of drug-likeness (QED) is 0.300. The molecule has 0 unspecified atom stereocenters. The number of hydrogen-bond acceptors (Lipinski definition) is 7. The number of halogens is 4. The maximum Gasteiger partial charge on any atom is 1.00 e. The fourth-order valence-corrected chi connectivity index (χ4v) is 4.81. The van der Waals surface area contributed by atoms with E-state index in [1.54, 1.807) is 48.5 Å². The molecule has 0 fully saturated rings. The Morgan fingerprint density at radius 3 is 2.49 bits per heavy atom. The second-order valence-electron chi connectivity index (χ2n) is 7.64. The standard InChI is InChI=1S/C24H14ClF3N4O3S.Na/c25-17-10-13(12-32-9-8-18(30-32)23(33)34)6-7-15(17)21-29-22(35-31-21)19-11-16(14-4-2-1-3-5-14)20(36-19)24(26,27)28;/h1-11H,12H2,(H,33,34);/q;+1/p-1. The number of carboxylic acid groups (broad SMARTS) is 1. The van der Waals surface area contributed by atoms with Crippen LogP contribution in [0.1, 0.15) is 20.9 Å². The van der Waals surface area contributed by atoms with Gasteiger partial charge in [-0.25, -0.2) is 0 Å². The maximum atomic E-state index is 13.7. The Morgan fingerprint density at radius 2 is 1.84 bits per heavy atom. The predicted molar refractivity (Wildman–Crippen MR) is 124 cm³/mol. The Hall–Kier alpha value is -2.96. The van der Waals surface area contributed by atoms with Crippen LogP contribution in [0.15, 0.2) is 71.4 Å². The van der Waals surface area contributed by atoms with E-state index in [0.717, 1.165) is 5.56 Å². The van der Waals surface area contributed by atoms with Crippen molar-refractivity contribution in [2.45, 2.75) is 12.7 Å². The van der Waals surface area contributed by atoms with Crippen LogP contribution in [0.3, 0.4) is 0 Å². The zero-order valence-corrected chi connectivity index (χ0v) is 22.6. The molecule has 3 heterocycles. The van der Waals surface area contributed by atoms with Crippen LogP contribution in [0.4, 0.5) is 13.2 Å². The zero-order valence-electron chi connectivity index (χ0n) is 19.0. The van der Waals surface area contributed by atoms with Gasteiger partial charge in [-0.1, -0.05) is 53.2 Å². The van der Waals surface area contributed by atoms with Crippen molar-refractivity contribution in [1.82, 2.24) is 19.9 Å². The fourth-order valence-electron chi connectivity index (χ4n) is 3.56. The number of aromatic carboxylic acids is 1. The molecular formula is C24H13ClF3N4NaO3S. The Kier molecular flexibility index (Phi) is 7.91. The Bertz CT molecular complexity index is 1570. The number of thiophene rings is 1. The average molecular weight is 553 g/mol. The second-order valence-corrected chi connectivity index (χ2v) is 9.10. The number of rotatable bonds is 6. The first kappa shape index (κ1) is 27.1. The number of alkyl halides is 3. The number of carboxylic acids is 1. The van der Waals surface area contributed by atoms with Crippen LogP contribution >= 0.6 is 22.9 Å². The van der Waals surface area contributed by atoms with Gasteiger partial charge in [0.1, 0.15) is 10.6 Å². The van der Waals surface area contributed by atoms with E-state index in [9.17, 15) is 23.1 Å². The van der Waals surface area contributed by atoms with E-state index in [1.165, 1.54) is 23.0 Å². The van der Waals surface area contributed by atoms with Crippen LogP contribution in [-0.4, -0.2) is 25.9 Å². The summed E-state index contributed by atoms with van der Waals surface area (Å²) in [5.74, 6) is -1.32. The Morgan fingerprint density at radius 1 is 1.08 bits per heavy atom. The van der Waals surface area contributed by atoms with E-state index in [0.29, 0.717) is 22.5 Å². The van der Waals surface area contributed by atoms with Gasteiger partial charge in [0, 0.05) is 17.3 Å². The van der Waals surface area contributed by atoms with E-state index in [2.05, 4.69) is 15.2 Å². The molecule has 0 aliphatic rings. The van der Waals surface area contributed by atoms with Crippen LogP contribution < -0.4 is 34.7 Å². The Balaban J connectivity index is 0.00000320. The molecule has 182 valence electrons. The summed E-state index contributed by atoms with van der Waals surface area (Å²) in [5.41, 5.74) is 1.42. The molecule has 0 amide bonds. The number of aromatic nitrogens is 4. The van der Waals surface area contributed by atoms with Crippen LogP contribution in [0.25, 0.3) is 33.3 Å². The molecule has 0 spiro atoms. The summed E-state index contributed by atoms with van der Waals surface area (Å²) in [6, 6.07) is 16.0. The number of nitrogens with zero attached hydrogens (tertiary/aromatic N) is 4. The maximum absolute atomic E-state index is 13.7. The molecule has 3 aromatic heterocycles. The first-order chi connectivity index (χ1) is 17.2. The molecule has 5 rings (SSSR count). The molecule has 0 saturated heterocycles. The summed E-state index contributed by atoms with van der Waals surface area (Å²) < 4.78 is 47.8. The predicted octanol–water partition coefficient (Wildman–Crippen LogP) is 2.42. The molecule has 0 radical (unpaired) electrons. The second kappa shape index (κ2) is 10.8. The molecule has 2 aromatic carbocycles. The SMILES string of the molecule is O=C([O-])c1ccn(Cc2ccc(-c3noc(-c4cc(-c5ccccc5)c(C(F)(F)F)s4)n3)c(Cl)c2)n1.[Na+]. The fraction of sp³-hybridized carbons (Fsp3) is 0.0833. The largest absolute Gasteiger partial charge is 1.00 e. The zero-order chi connectivity index (χ0) is 25.4. The van der Waals surface area contributed by atoms with Gasteiger partial charge < -0.3 is 14.4 Å². The molecule has 0 aliphatic heterocycles. The van der Waals surface area contributed by atoms with Gasteiger partial charge >= 0.3 is 35.7 Å². The monoisotopic (exact) mass is 552 g/mol. The van der Waals surface area contributed by atoms with Crippen molar-refractivity contribution in [3.63, 3.8) is 0 Å². The molecule has 7 nitrogen and oxygen atoms in total. The topological polar surface area (TPSA) is 96.9 Å². The third-order valence-corrected chi connectivity index (χ3v) is 6.66. The van der Waals surface area contributed by atoms with Gasteiger partial charge in [0.15, 0.2) is 0 Å². The van der Waals surface area contributed by atoms with Crippen molar-refractivity contribution in [2.24, 2.45) is 0 Å². The Labute approximate surface area is 238 Å². The van der Waals surface area contributed by atoms with Crippen molar-refractivity contribution in [1.29, 1.82) is 0 Å². The third-order valence-electron chi connectivity index (χ3n) is 5.18. The number of carbonyl (C=O) groups is 1. The summed E-state index contributed by atoms with van der Waals surface area (Å²) in [7, 11) is 0. The smallest absolute Gasteiger partial charge is 0.543 e. The van der Waals surface area contributed by atoms with Crippen LogP contribution in [0.5, 0.6) is 0 Å². The molecule has 37 heavy (non-hydrogen) atoms. The van der Waals surface area contributed by atoms with Gasteiger partial charge in [0.05, 0.1) is 22.4 Å². The summed E-state index contributed by atoms with van der Waals surface area (Å²) in [4.78, 5) is 14.6. The van der Waals surface area contributed by atoms with Gasteiger partial charge in [-0.05, 0) is 35.4 Å². The molecule has 0 aliphatic carbocycles. The van der Waals surface area contributed by atoms with Crippen molar-refractivity contribution in [3.05, 3.63) is 88.0 Å². The van der Waals surface area contributed by atoms with Gasteiger partial charge in [-0.3, -0.25) is 4.68 Å². The molecular weight excluding hydrogens is 540 g/mol. The molecule has 0 atom stereocenters. The van der Waals surface area contributed by atoms with Crippen LogP contribution in [0, 0.1) is 0 Å². The average Bonchev–Trinajstić information content (AvgIpc) is 3.59. The first-order valence-electron chi connectivity index (χ1n) is 10.3. The van der Waals surface area contributed by atoms with E-state index in [-0.39, 0.29) is 69.0 Å². The number of benzene rings is 2. The van der Waals surface area contributed by atoms with E-state index >= 15 is 0 Å². The summed E-state index contributed by atoms with van der Waals surface area (Å²) in [6.07, 6.45) is -3.05. The van der Waals surface area contributed by atoms with E-state index < -0.39 is 17.0 Å². The van der Waals surface area contributed by atoms with E-state index in [1.807, 2.05) is 0 Å². The summed E-state index contributed by atoms with van der Waals surface area (Å²) >= 11 is 6.93. The van der Waals surface area contributed by atoms with Crippen LogP contribution in [-0.2, 0) is 12.7 Å². The molecule has 0 N–H and O–H groups in total. The number of hydrogen-bond donors (Lipinski definition) is 0. The minimum Gasteiger partial charge on any atom is -0.543 e. The summed E-state index contributed by atoms with van der Waals surface area (Å²) in [5, 5.41) is 19.0. The normalized spacial score (nSPS) is 11.4. The molecule has 0 saturated carbocycles. The van der Waals surface area contributed by atoms with Crippen molar-refractivity contribution in [2.75, 3.05) is 0 Å². The van der Waals surface area contributed by atoms with Gasteiger partial charge in [0.25, 0.3) is 5.89 Å². The summed E-state index contributed by atoms with van der Waals surface area (Å²) in [6.45, 7) is 0.252. The molecule has 13 heteroatoms.